The smallest absolute Gasteiger partial charge is 0.269 e. The van der Waals surface area contributed by atoms with Gasteiger partial charge in [-0.1, -0.05) is 30.0 Å². The minimum atomic E-state index is -0.505. The van der Waals surface area contributed by atoms with E-state index in [1.54, 1.807) is 24.5 Å². The molecule has 30 heavy (non-hydrogen) atoms. The van der Waals surface area contributed by atoms with Gasteiger partial charge in [0.1, 0.15) is 0 Å². The number of nitro groups is 1. The molecule has 1 aliphatic rings. The molecule has 4 rings (SSSR count). The van der Waals surface area contributed by atoms with Gasteiger partial charge < -0.3 is 0 Å². The second-order valence-electron chi connectivity index (χ2n) is 6.48. The van der Waals surface area contributed by atoms with Crippen LogP contribution in [-0.4, -0.2) is 26.6 Å². The summed E-state index contributed by atoms with van der Waals surface area (Å²) in [7, 11) is 0. The Kier molecular flexibility index (Phi) is 5.40. The SMILES string of the molecule is O=C1C(Sc2ccccc2)=C(c2ccc([N+](=O)[O-])cc2)C(=O)N1Cc1ccncc1. The normalized spacial score (nSPS) is 13.8. The third kappa shape index (κ3) is 3.85. The number of amides is 2. The molecule has 0 spiro atoms. The Bertz CT molecular complexity index is 1150. The number of aromatic nitrogens is 1. The van der Waals surface area contributed by atoms with Crippen molar-refractivity contribution in [3.63, 3.8) is 0 Å². The first-order chi connectivity index (χ1) is 14.5. The molecular formula is C22H15N3O4S. The van der Waals surface area contributed by atoms with Crippen molar-refractivity contribution in [3.05, 3.63) is 105 Å². The molecule has 0 atom stereocenters. The zero-order valence-electron chi connectivity index (χ0n) is 15.6. The van der Waals surface area contributed by atoms with Crippen LogP contribution in [0.25, 0.3) is 5.57 Å². The van der Waals surface area contributed by atoms with Crippen LogP contribution in [0.15, 0.2) is 88.9 Å². The summed E-state index contributed by atoms with van der Waals surface area (Å²) in [6.45, 7) is 0.121. The van der Waals surface area contributed by atoms with E-state index < -0.39 is 10.8 Å². The van der Waals surface area contributed by atoms with Crippen LogP contribution in [0.1, 0.15) is 11.1 Å². The molecule has 0 radical (unpaired) electrons. The molecule has 0 fully saturated rings. The summed E-state index contributed by atoms with van der Waals surface area (Å²) >= 11 is 1.21. The van der Waals surface area contributed by atoms with Gasteiger partial charge in [0.25, 0.3) is 17.5 Å². The second kappa shape index (κ2) is 8.30. The summed E-state index contributed by atoms with van der Waals surface area (Å²) in [5.41, 5.74) is 1.41. The fourth-order valence-electron chi connectivity index (χ4n) is 3.07. The molecule has 2 amide bonds. The van der Waals surface area contributed by atoms with Gasteiger partial charge in [0.2, 0.25) is 0 Å². The zero-order valence-corrected chi connectivity index (χ0v) is 16.4. The van der Waals surface area contributed by atoms with Crippen molar-refractivity contribution in [2.45, 2.75) is 11.4 Å². The molecule has 1 aromatic heterocycles. The fraction of sp³-hybridized carbons (Fsp3) is 0.0455. The molecule has 7 nitrogen and oxygen atoms in total. The monoisotopic (exact) mass is 417 g/mol. The number of carbonyl (C=O) groups is 2. The van der Waals surface area contributed by atoms with E-state index in [0.29, 0.717) is 10.5 Å². The number of rotatable bonds is 6. The Labute approximate surface area is 176 Å². The number of benzene rings is 2. The second-order valence-corrected chi connectivity index (χ2v) is 7.56. The van der Waals surface area contributed by atoms with Crippen LogP contribution in [0.2, 0.25) is 0 Å². The number of nitro benzene ring substituents is 1. The number of non-ortho nitro benzene ring substituents is 1. The first-order valence-electron chi connectivity index (χ1n) is 9.01. The summed E-state index contributed by atoms with van der Waals surface area (Å²) in [6, 6.07) is 18.4. The molecule has 3 aromatic rings. The number of carbonyl (C=O) groups excluding carboxylic acids is 2. The van der Waals surface area contributed by atoms with E-state index in [1.165, 1.54) is 40.9 Å². The highest BCUT2D eigenvalue weighted by atomic mass is 32.2. The number of pyridine rings is 1. The Morgan fingerprint density at radius 2 is 1.57 bits per heavy atom. The number of hydrogen-bond acceptors (Lipinski definition) is 6. The maximum atomic E-state index is 13.2. The van der Waals surface area contributed by atoms with Gasteiger partial charge in [0.05, 0.1) is 21.9 Å². The van der Waals surface area contributed by atoms with Crippen molar-refractivity contribution < 1.29 is 14.5 Å². The van der Waals surface area contributed by atoms with Crippen LogP contribution in [0.4, 0.5) is 5.69 Å². The van der Waals surface area contributed by atoms with Gasteiger partial charge in [-0.2, -0.15) is 0 Å². The molecule has 0 N–H and O–H groups in total. The lowest BCUT2D eigenvalue weighted by Crippen LogP contribution is -2.30. The van der Waals surface area contributed by atoms with Crippen LogP contribution >= 0.6 is 11.8 Å². The summed E-state index contributed by atoms with van der Waals surface area (Å²) in [5.74, 6) is -0.817. The maximum absolute atomic E-state index is 13.2. The van der Waals surface area contributed by atoms with Crippen LogP contribution in [-0.2, 0) is 16.1 Å². The van der Waals surface area contributed by atoms with Gasteiger partial charge in [-0.05, 0) is 47.5 Å². The lowest BCUT2D eigenvalue weighted by atomic mass is 10.1. The molecule has 0 saturated carbocycles. The number of imide groups is 1. The lowest BCUT2D eigenvalue weighted by Gasteiger charge is -2.15. The first kappa shape index (κ1) is 19.5. The zero-order chi connectivity index (χ0) is 21.1. The van der Waals surface area contributed by atoms with Crippen LogP contribution in [0.5, 0.6) is 0 Å². The van der Waals surface area contributed by atoms with Gasteiger partial charge in [0.15, 0.2) is 0 Å². The standard InChI is InChI=1S/C22H15N3O4S/c26-21-19(16-6-8-17(9-7-16)25(28)29)20(30-18-4-2-1-3-5-18)22(27)24(21)14-15-10-12-23-13-11-15/h1-13H,14H2. The van der Waals surface area contributed by atoms with Crippen molar-refractivity contribution in [2.75, 3.05) is 0 Å². The predicted octanol–water partition coefficient (Wildman–Crippen LogP) is 4.06. The average molecular weight is 417 g/mol. The van der Waals surface area contributed by atoms with E-state index in [1.807, 2.05) is 30.3 Å². The quantitative estimate of drug-likeness (QED) is 0.341. The molecule has 2 heterocycles. The van der Waals surface area contributed by atoms with Gasteiger partial charge in [-0.15, -0.1) is 0 Å². The minimum Gasteiger partial charge on any atom is -0.269 e. The Hall–Kier alpha value is -3.78. The molecule has 1 aliphatic heterocycles. The summed E-state index contributed by atoms with van der Waals surface area (Å²) < 4.78 is 0. The Balaban J connectivity index is 1.74. The van der Waals surface area contributed by atoms with E-state index in [-0.39, 0.29) is 23.7 Å². The van der Waals surface area contributed by atoms with E-state index in [4.69, 9.17) is 0 Å². The first-order valence-corrected chi connectivity index (χ1v) is 9.83. The number of nitrogens with zero attached hydrogens (tertiary/aromatic N) is 3. The molecule has 0 unspecified atom stereocenters. The lowest BCUT2D eigenvalue weighted by molar-refractivity contribution is -0.384. The molecule has 8 heteroatoms. The minimum absolute atomic E-state index is 0.0815. The fourth-order valence-corrected chi connectivity index (χ4v) is 4.11. The average Bonchev–Trinajstić information content (AvgIpc) is 2.99. The van der Waals surface area contributed by atoms with Crippen LogP contribution < -0.4 is 0 Å². The number of hydrogen-bond donors (Lipinski definition) is 0. The van der Waals surface area contributed by atoms with Gasteiger partial charge in [-0.25, -0.2) is 0 Å². The Morgan fingerprint density at radius 3 is 2.20 bits per heavy atom. The van der Waals surface area contributed by atoms with E-state index in [2.05, 4.69) is 4.98 Å². The van der Waals surface area contributed by atoms with E-state index in [0.717, 1.165) is 10.5 Å². The van der Waals surface area contributed by atoms with Gasteiger partial charge >= 0.3 is 0 Å². The molecule has 0 aliphatic carbocycles. The molecule has 0 bridgehead atoms. The molecule has 2 aromatic carbocycles. The van der Waals surface area contributed by atoms with Crippen LogP contribution in [0, 0.1) is 10.1 Å². The summed E-state index contributed by atoms with van der Waals surface area (Å²) in [5, 5.41) is 11.0. The van der Waals surface area contributed by atoms with Crippen molar-refractivity contribution in [1.82, 2.24) is 9.88 Å². The summed E-state index contributed by atoms with van der Waals surface area (Å²) in [6.07, 6.45) is 3.20. The van der Waals surface area contributed by atoms with Crippen molar-refractivity contribution in [2.24, 2.45) is 0 Å². The summed E-state index contributed by atoms with van der Waals surface area (Å²) in [4.78, 5) is 43.1. The highest BCUT2D eigenvalue weighted by Crippen LogP contribution is 2.40. The van der Waals surface area contributed by atoms with Crippen molar-refractivity contribution in [1.29, 1.82) is 0 Å². The highest BCUT2D eigenvalue weighted by Gasteiger charge is 2.39. The maximum Gasteiger partial charge on any atom is 0.269 e. The topological polar surface area (TPSA) is 93.4 Å². The van der Waals surface area contributed by atoms with Crippen molar-refractivity contribution in [3.8, 4) is 0 Å². The molecular weight excluding hydrogens is 402 g/mol. The van der Waals surface area contributed by atoms with Gasteiger partial charge in [0, 0.05) is 29.4 Å². The third-order valence-corrected chi connectivity index (χ3v) is 5.64. The van der Waals surface area contributed by atoms with E-state index >= 15 is 0 Å². The molecule has 148 valence electrons. The van der Waals surface area contributed by atoms with Crippen LogP contribution in [0.3, 0.4) is 0 Å². The molecule has 0 saturated heterocycles. The number of thioether (sulfide) groups is 1. The highest BCUT2D eigenvalue weighted by molar-refractivity contribution is 8.04. The largest absolute Gasteiger partial charge is 0.269 e. The third-order valence-electron chi connectivity index (χ3n) is 4.55. The van der Waals surface area contributed by atoms with Crippen molar-refractivity contribution >= 4 is 34.8 Å². The predicted molar refractivity (Wildman–Crippen MR) is 112 cm³/mol. The van der Waals surface area contributed by atoms with E-state index in [9.17, 15) is 19.7 Å². The van der Waals surface area contributed by atoms with Gasteiger partial charge in [-0.3, -0.25) is 29.6 Å². The Morgan fingerprint density at radius 1 is 0.900 bits per heavy atom.